The van der Waals surface area contributed by atoms with Crippen molar-refractivity contribution in [3.8, 4) is 0 Å². The van der Waals surface area contributed by atoms with Crippen LogP contribution in [0.5, 0.6) is 0 Å². The molecule has 1 rings (SSSR count). The minimum Gasteiger partial charge on any atom is -0.357 e. The van der Waals surface area contributed by atoms with Gasteiger partial charge in [0.25, 0.3) is 0 Å². The quantitative estimate of drug-likeness (QED) is 0.718. The lowest BCUT2D eigenvalue weighted by molar-refractivity contribution is 0.613. The molecule has 0 aliphatic rings. The van der Waals surface area contributed by atoms with Gasteiger partial charge in [0.15, 0.2) is 0 Å². The van der Waals surface area contributed by atoms with E-state index in [0.29, 0.717) is 5.92 Å². The van der Waals surface area contributed by atoms with Crippen molar-refractivity contribution in [1.82, 2.24) is 10.3 Å². The highest BCUT2D eigenvalue weighted by atomic mass is 15.2. The van der Waals surface area contributed by atoms with Gasteiger partial charge in [-0.3, -0.25) is 0 Å². The zero-order valence-electron chi connectivity index (χ0n) is 12.2. The predicted octanol–water partition coefficient (Wildman–Crippen LogP) is 3.06. The summed E-state index contributed by atoms with van der Waals surface area (Å²) >= 11 is 0. The summed E-state index contributed by atoms with van der Waals surface area (Å²) in [6.45, 7) is 12.9. The molecule has 0 spiro atoms. The van der Waals surface area contributed by atoms with Crippen molar-refractivity contribution in [1.29, 1.82) is 0 Å². The average Bonchev–Trinajstić information content (AvgIpc) is 2.36. The first kappa shape index (κ1) is 15.0. The number of pyridine rings is 1. The van der Waals surface area contributed by atoms with Crippen LogP contribution in [0.4, 0.5) is 5.82 Å². The fourth-order valence-electron chi connectivity index (χ4n) is 1.98. The largest absolute Gasteiger partial charge is 0.357 e. The minimum absolute atomic E-state index is 0.661. The van der Waals surface area contributed by atoms with E-state index in [1.807, 2.05) is 6.20 Å². The molecule has 1 aromatic heterocycles. The number of hydrogen-bond acceptors (Lipinski definition) is 3. The molecule has 0 aromatic carbocycles. The van der Waals surface area contributed by atoms with Crippen molar-refractivity contribution in [2.24, 2.45) is 5.92 Å². The fraction of sp³-hybridized carbons (Fsp3) is 0.667. The summed E-state index contributed by atoms with van der Waals surface area (Å²) in [5, 5.41) is 3.43. The third-order valence-electron chi connectivity index (χ3n) is 2.86. The van der Waals surface area contributed by atoms with Crippen LogP contribution in [-0.2, 0) is 6.54 Å². The van der Waals surface area contributed by atoms with Crippen molar-refractivity contribution < 1.29 is 0 Å². The number of nitrogens with one attached hydrogen (secondary N) is 1. The van der Waals surface area contributed by atoms with Gasteiger partial charge in [-0.25, -0.2) is 4.98 Å². The monoisotopic (exact) mass is 249 g/mol. The standard InChI is InChI=1S/C15H27N3/c1-5-8-16-11-14-7-9-17-15(10-14)18(6-2)12-13(3)4/h7,9-10,13,16H,5-6,8,11-12H2,1-4H3. The van der Waals surface area contributed by atoms with Crippen LogP contribution < -0.4 is 10.2 Å². The molecule has 102 valence electrons. The summed E-state index contributed by atoms with van der Waals surface area (Å²) in [7, 11) is 0. The van der Waals surface area contributed by atoms with Crippen molar-refractivity contribution in [3.63, 3.8) is 0 Å². The Morgan fingerprint density at radius 3 is 2.72 bits per heavy atom. The smallest absolute Gasteiger partial charge is 0.128 e. The molecule has 18 heavy (non-hydrogen) atoms. The molecule has 0 atom stereocenters. The van der Waals surface area contributed by atoms with Crippen LogP contribution in [0, 0.1) is 5.92 Å². The Bertz CT molecular complexity index is 336. The molecule has 0 saturated heterocycles. The highest BCUT2D eigenvalue weighted by Gasteiger charge is 2.08. The first-order chi connectivity index (χ1) is 8.67. The lowest BCUT2D eigenvalue weighted by atomic mass is 10.2. The summed E-state index contributed by atoms with van der Waals surface area (Å²) < 4.78 is 0. The molecule has 1 aromatic rings. The van der Waals surface area contributed by atoms with Crippen molar-refractivity contribution in [2.45, 2.75) is 40.7 Å². The van der Waals surface area contributed by atoms with Gasteiger partial charge in [-0.1, -0.05) is 20.8 Å². The van der Waals surface area contributed by atoms with Crippen LogP contribution >= 0.6 is 0 Å². The Morgan fingerprint density at radius 1 is 1.33 bits per heavy atom. The molecule has 0 aliphatic heterocycles. The molecule has 0 aliphatic carbocycles. The second kappa shape index (κ2) is 8.09. The molecule has 1 heterocycles. The van der Waals surface area contributed by atoms with Crippen molar-refractivity contribution >= 4 is 5.82 Å². The van der Waals surface area contributed by atoms with Gasteiger partial charge in [-0.2, -0.15) is 0 Å². The Balaban J connectivity index is 2.66. The molecule has 3 heteroatoms. The van der Waals surface area contributed by atoms with Gasteiger partial charge in [0.2, 0.25) is 0 Å². The highest BCUT2D eigenvalue weighted by molar-refractivity contribution is 5.40. The van der Waals surface area contributed by atoms with Gasteiger partial charge in [0.05, 0.1) is 0 Å². The SMILES string of the molecule is CCCNCc1ccnc(N(CC)CC(C)C)c1. The Labute approximate surface area is 112 Å². The molecule has 0 unspecified atom stereocenters. The minimum atomic E-state index is 0.661. The zero-order valence-corrected chi connectivity index (χ0v) is 12.2. The van der Waals surface area contributed by atoms with Gasteiger partial charge in [-0.15, -0.1) is 0 Å². The van der Waals surface area contributed by atoms with Crippen LogP contribution in [0.15, 0.2) is 18.3 Å². The number of nitrogens with zero attached hydrogens (tertiary/aromatic N) is 2. The van der Waals surface area contributed by atoms with Gasteiger partial charge in [-0.05, 0) is 43.5 Å². The summed E-state index contributed by atoms with van der Waals surface area (Å²) in [4.78, 5) is 6.83. The maximum absolute atomic E-state index is 4.49. The molecule has 0 saturated carbocycles. The van der Waals surface area contributed by atoms with E-state index in [0.717, 1.165) is 32.0 Å². The molecule has 1 N–H and O–H groups in total. The van der Waals surface area contributed by atoms with Crippen LogP contribution in [0.3, 0.4) is 0 Å². The van der Waals surface area contributed by atoms with E-state index >= 15 is 0 Å². The van der Waals surface area contributed by atoms with Crippen LogP contribution in [-0.4, -0.2) is 24.6 Å². The number of rotatable bonds is 8. The van der Waals surface area contributed by atoms with E-state index in [2.05, 4.69) is 55.0 Å². The zero-order chi connectivity index (χ0) is 13.4. The lowest BCUT2D eigenvalue weighted by Gasteiger charge is -2.24. The van der Waals surface area contributed by atoms with E-state index in [4.69, 9.17) is 0 Å². The van der Waals surface area contributed by atoms with Gasteiger partial charge in [0.1, 0.15) is 5.82 Å². The Hall–Kier alpha value is -1.09. The predicted molar refractivity (Wildman–Crippen MR) is 79.0 cm³/mol. The number of hydrogen-bond donors (Lipinski definition) is 1. The lowest BCUT2D eigenvalue weighted by Crippen LogP contribution is -2.28. The van der Waals surface area contributed by atoms with Gasteiger partial charge >= 0.3 is 0 Å². The maximum Gasteiger partial charge on any atom is 0.128 e. The average molecular weight is 249 g/mol. The summed E-state index contributed by atoms with van der Waals surface area (Å²) in [6, 6.07) is 4.30. The van der Waals surface area contributed by atoms with E-state index in [1.165, 1.54) is 12.0 Å². The summed E-state index contributed by atoms with van der Waals surface area (Å²) in [6.07, 6.45) is 3.09. The highest BCUT2D eigenvalue weighted by Crippen LogP contribution is 2.14. The topological polar surface area (TPSA) is 28.2 Å². The summed E-state index contributed by atoms with van der Waals surface area (Å²) in [5.74, 6) is 1.76. The third-order valence-corrected chi connectivity index (χ3v) is 2.86. The first-order valence-corrected chi connectivity index (χ1v) is 7.08. The fourth-order valence-corrected chi connectivity index (χ4v) is 1.98. The second-order valence-electron chi connectivity index (χ2n) is 5.13. The van der Waals surface area contributed by atoms with Crippen molar-refractivity contribution in [3.05, 3.63) is 23.9 Å². The van der Waals surface area contributed by atoms with Gasteiger partial charge < -0.3 is 10.2 Å². The van der Waals surface area contributed by atoms with E-state index < -0.39 is 0 Å². The molecule has 0 fully saturated rings. The van der Waals surface area contributed by atoms with Crippen LogP contribution in [0.25, 0.3) is 0 Å². The van der Waals surface area contributed by atoms with Crippen LogP contribution in [0.2, 0.25) is 0 Å². The Kier molecular flexibility index (Phi) is 6.73. The maximum atomic E-state index is 4.49. The molecule has 0 bridgehead atoms. The number of anilines is 1. The molecule has 3 nitrogen and oxygen atoms in total. The Morgan fingerprint density at radius 2 is 2.11 bits per heavy atom. The number of aromatic nitrogens is 1. The van der Waals surface area contributed by atoms with Crippen LogP contribution in [0.1, 0.15) is 39.7 Å². The van der Waals surface area contributed by atoms with E-state index in [-0.39, 0.29) is 0 Å². The van der Waals surface area contributed by atoms with Crippen molar-refractivity contribution in [2.75, 3.05) is 24.5 Å². The molecular formula is C15H27N3. The van der Waals surface area contributed by atoms with E-state index in [1.54, 1.807) is 0 Å². The summed E-state index contributed by atoms with van der Waals surface area (Å²) in [5.41, 5.74) is 1.32. The van der Waals surface area contributed by atoms with Gasteiger partial charge in [0, 0.05) is 25.8 Å². The normalized spacial score (nSPS) is 10.9. The first-order valence-electron chi connectivity index (χ1n) is 7.08. The third kappa shape index (κ3) is 5.05. The second-order valence-corrected chi connectivity index (χ2v) is 5.13. The molecular weight excluding hydrogens is 222 g/mol. The molecule has 0 amide bonds. The molecule has 0 radical (unpaired) electrons. The van der Waals surface area contributed by atoms with E-state index in [9.17, 15) is 0 Å².